The van der Waals surface area contributed by atoms with Crippen LogP contribution in [-0.4, -0.2) is 58.9 Å². The van der Waals surface area contributed by atoms with Crippen LogP contribution in [0.3, 0.4) is 0 Å². The molecule has 1 amide bonds. The Balaban J connectivity index is 1.12. The second kappa shape index (κ2) is 10.1. The zero-order valence-electron chi connectivity index (χ0n) is 21.2. The molecular weight excluding hydrogens is 482 g/mol. The third-order valence-corrected chi connectivity index (χ3v) is 8.21. The highest BCUT2D eigenvalue weighted by Crippen LogP contribution is 2.39. The van der Waals surface area contributed by atoms with Gasteiger partial charge in [0.2, 0.25) is 0 Å². The number of aryl methyl sites for hydroxylation is 1. The summed E-state index contributed by atoms with van der Waals surface area (Å²) in [5, 5.41) is 8.59. The summed E-state index contributed by atoms with van der Waals surface area (Å²) in [7, 11) is 2.20. The van der Waals surface area contributed by atoms with Gasteiger partial charge in [-0.25, -0.2) is 9.48 Å². The van der Waals surface area contributed by atoms with Gasteiger partial charge in [0.15, 0.2) is 0 Å². The first-order valence-corrected chi connectivity index (χ1v) is 13.5. The summed E-state index contributed by atoms with van der Waals surface area (Å²) < 4.78 is 7.41. The van der Waals surface area contributed by atoms with Gasteiger partial charge in [-0.1, -0.05) is 35.9 Å². The number of aromatic nitrogens is 2. The first-order chi connectivity index (χ1) is 18.0. The van der Waals surface area contributed by atoms with E-state index in [1.165, 1.54) is 27.9 Å². The fourth-order valence-electron chi connectivity index (χ4n) is 5.04. The lowest BCUT2D eigenvalue weighted by molar-refractivity contribution is 0.148. The predicted molar refractivity (Wildman–Crippen MR) is 146 cm³/mol. The molecule has 1 aliphatic heterocycles. The lowest BCUT2D eigenvalue weighted by Crippen LogP contribution is -2.43. The molecule has 6 rings (SSSR count). The summed E-state index contributed by atoms with van der Waals surface area (Å²) in [5.41, 5.74) is 7.60. The number of nitrogens with zero attached hydrogens (tertiary/aromatic N) is 4. The third-order valence-electron chi connectivity index (χ3n) is 7.15. The van der Waals surface area contributed by atoms with Crippen LogP contribution in [0.15, 0.2) is 60.8 Å². The second-order valence-corrected chi connectivity index (χ2v) is 11.1. The molecule has 0 bridgehead atoms. The first kappa shape index (κ1) is 23.9. The van der Waals surface area contributed by atoms with E-state index in [1.54, 1.807) is 23.5 Å². The normalized spacial score (nSPS) is 15.4. The van der Waals surface area contributed by atoms with Crippen molar-refractivity contribution < 1.29 is 9.53 Å². The van der Waals surface area contributed by atoms with Crippen LogP contribution >= 0.6 is 11.3 Å². The first-order valence-electron chi connectivity index (χ1n) is 12.7. The number of hydrogen-bond acceptors (Lipinski definition) is 6. The summed E-state index contributed by atoms with van der Waals surface area (Å²) in [6, 6.07) is 18.4. The average molecular weight is 514 g/mol. The smallest absolute Gasteiger partial charge is 0.410 e. The minimum absolute atomic E-state index is 0.408. The van der Waals surface area contributed by atoms with Crippen molar-refractivity contribution in [2.24, 2.45) is 0 Å². The van der Waals surface area contributed by atoms with Gasteiger partial charge in [0.1, 0.15) is 10.8 Å². The molecule has 0 saturated carbocycles. The SMILES string of the molecule is Cc1ccc(OC(=O)NCc2ccc(-n3ncc4c3-c3ccc(CN5CCN(C)CC5)cc3C4)s2)cc1. The topological polar surface area (TPSA) is 62.6 Å². The summed E-state index contributed by atoms with van der Waals surface area (Å²) in [4.78, 5) is 18.2. The molecule has 1 saturated heterocycles. The number of benzene rings is 2. The maximum atomic E-state index is 12.2. The van der Waals surface area contributed by atoms with Crippen LogP contribution in [0.2, 0.25) is 0 Å². The Morgan fingerprint density at radius 3 is 2.65 bits per heavy atom. The Kier molecular flexibility index (Phi) is 6.54. The van der Waals surface area contributed by atoms with E-state index in [0.29, 0.717) is 12.3 Å². The number of nitrogens with one attached hydrogen (secondary N) is 1. The lowest BCUT2D eigenvalue weighted by Gasteiger charge is -2.32. The molecule has 3 heterocycles. The van der Waals surface area contributed by atoms with Crippen molar-refractivity contribution in [1.29, 1.82) is 0 Å². The molecule has 190 valence electrons. The molecule has 0 radical (unpaired) electrons. The molecule has 1 fully saturated rings. The van der Waals surface area contributed by atoms with Gasteiger partial charge in [-0.15, -0.1) is 11.3 Å². The summed E-state index contributed by atoms with van der Waals surface area (Å²) >= 11 is 1.63. The molecule has 4 aromatic rings. The maximum Gasteiger partial charge on any atom is 0.412 e. The molecule has 2 aliphatic rings. The number of piperazine rings is 1. The highest BCUT2D eigenvalue weighted by molar-refractivity contribution is 7.14. The van der Waals surface area contributed by atoms with Gasteiger partial charge in [0.05, 0.1) is 18.4 Å². The van der Waals surface area contributed by atoms with Crippen LogP contribution in [0.1, 0.15) is 27.1 Å². The molecule has 7 nitrogen and oxygen atoms in total. The molecule has 2 aromatic heterocycles. The third kappa shape index (κ3) is 5.18. The van der Waals surface area contributed by atoms with Crippen LogP contribution in [0, 0.1) is 6.92 Å². The van der Waals surface area contributed by atoms with Crippen molar-refractivity contribution in [2.45, 2.75) is 26.4 Å². The molecule has 0 spiro atoms. The quantitative estimate of drug-likeness (QED) is 0.352. The number of thiophene rings is 1. The summed E-state index contributed by atoms with van der Waals surface area (Å²) in [6.07, 6.45) is 2.46. The zero-order chi connectivity index (χ0) is 25.4. The number of carbonyl (C=O) groups is 1. The summed E-state index contributed by atoms with van der Waals surface area (Å²) in [6.45, 7) is 7.95. The van der Waals surface area contributed by atoms with Gasteiger partial charge in [-0.2, -0.15) is 5.10 Å². The molecule has 37 heavy (non-hydrogen) atoms. The number of likely N-dealkylation sites (N-methyl/N-ethyl adjacent to an activating group) is 1. The standard InChI is InChI=1S/C29H31N5O2S/c1-20-3-6-24(7-4-20)36-29(35)30-18-25-8-10-27(37-25)34-28-23(17-31-34)16-22-15-21(5-9-26(22)28)19-33-13-11-32(2)12-14-33/h3-10,15,17H,11-14,16,18-19H2,1-2H3,(H,30,35). The largest absolute Gasteiger partial charge is 0.412 e. The van der Waals surface area contributed by atoms with Gasteiger partial charge < -0.3 is 15.0 Å². The van der Waals surface area contributed by atoms with E-state index >= 15 is 0 Å². The summed E-state index contributed by atoms with van der Waals surface area (Å²) in [5.74, 6) is 0.535. The van der Waals surface area contributed by atoms with Crippen molar-refractivity contribution in [2.75, 3.05) is 33.2 Å². The lowest BCUT2D eigenvalue weighted by atomic mass is 10.0. The highest BCUT2D eigenvalue weighted by atomic mass is 32.1. The maximum absolute atomic E-state index is 12.2. The average Bonchev–Trinajstić information content (AvgIpc) is 3.61. The Morgan fingerprint density at radius 1 is 1.03 bits per heavy atom. The molecule has 2 aromatic carbocycles. The number of ether oxygens (including phenoxy) is 1. The number of hydrogen-bond donors (Lipinski definition) is 1. The van der Waals surface area contributed by atoms with Crippen LogP contribution in [0.5, 0.6) is 5.75 Å². The number of fused-ring (bicyclic) bond motifs is 3. The van der Waals surface area contributed by atoms with E-state index in [0.717, 1.165) is 54.6 Å². The van der Waals surface area contributed by atoms with Crippen LogP contribution in [-0.2, 0) is 19.5 Å². The number of rotatable bonds is 6. The fourth-order valence-corrected chi connectivity index (χ4v) is 5.95. The van der Waals surface area contributed by atoms with Gasteiger partial charge in [0, 0.05) is 55.1 Å². The monoisotopic (exact) mass is 513 g/mol. The van der Waals surface area contributed by atoms with E-state index in [9.17, 15) is 4.79 Å². The highest BCUT2D eigenvalue weighted by Gasteiger charge is 2.25. The van der Waals surface area contributed by atoms with Crippen LogP contribution in [0.25, 0.3) is 16.3 Å². The second-order valence-electron chi connectivity index (χ2n) is 9.97. The zero-order valence-corrected chi connectivity index (χ0v) is 22.1. The van der Waals surface area contributed by atoms with Crippen LogP contribution < -0.4 is 10.1 Å². The Bertz CT molecular complexity index is 1420. The van der Waals surface area contributed by atoms with Crippen molar-refractivity contribution in [3.05, 3.63) is 87.9 Å². The molecule has 1 aliphatic carbocycles. The van der Waals surface area contributed by atoms with Gasteiger partial charge in [-0.05, 0) is 49.4 Å². The Morgan fingerprint density at radius 2 is 1.84 bits per heavy atom. The van der Waals surface area contributed by atoms with E-state index in [-0.39, 0.29) is 0 Å². The molecular formula is C29H31N5O2S. The van der Waals surface area contributed by atoms with Gasteiger partial charge in [-0.3, -0.25) is 4.90 Å². The van der Waals surface area contributed by atoms with E-state index in [2.05, 4.69) is 46.4 Å². The van der Waals surface area contributed by atoms with Crippen molar-refractivity contribution >= 4 is 17.4 Å². The minimum Gasteiger partial charge on any atom is -0.410 e. The number of amides is 1. The minimum atomic E-state index is -0.458. The Hall–Kier alpha value is -3.46. The Labute approximate surface area is 221 Å². The van der Waals surface area contributed by atoms with Crippen molar-refractivity contribution in [3.8, 4) is 22.0 Å². The van der Waals surface area contributed by atoms with Gasteiger partial charge in [0.25, 0.3) is 0 Å². The van der Waals surface area contributed by atoms with E-state index < -0.39 is 6.09 Å². The number of carbonyl (C=O) groups excluding carboxylic acids is 1. The van der Waals surface area contributed by atoms with Gasteiger partial charge >= 0.3 is 6.09 Å². The molecule has 1 N–H and O–H groups in total. The van der Waals surface area contributed by atoms with Crippen molar-refractivity contribution in [3.63, 3.8) is 0 Å². The molecule has 0 atom stereocenters. The van der Waals surface area contributed by atoms with Crippen LogP contribution in [0.4, 0.5) is 4.79 Å². The fraction of sp³-hybridized carbons (Fsp3) is 0.310. The predicted octanol–water partition coefficient (Wildman–Crippen LogP) is 4.85. The van der Waals surface area contributed by atoms with Crippen molar-refractivity contribution in [1.82, 2.24) is 24.9 Å². The molecule has 8 heteroatoms. The van der Waals surface area contributed by atoms with E-state index in [4.69, 9.17) is 9.84 Å². The van der Waals surface area contributed by atoms with E-state index in [1.807, 2.05) is 36.0 Å². The molecule has 0 unspecified atom stereocenters.